The van der Waals surface area contributed by atoms with Crippen molar-refractivity contribution in [2.45, 2.75) is 19.6 Å². The first-order chi connectivity index (χ1) is 13.4. The highest BCUT2D eigenvalue weighted by Crippen LogP contribution is 2.26. The number of halogens is 3. The first kappa shape index (κ1) is 20.3. The van der Waals surface area contributed by atoms with Gasteiger partial charge in [0.25, 0.3) is 5.91 Å². The maximum absolute atomic E-state index is 12.5. The van der Waals surface area contributed by atoms with Gasteiger partial charge in [-0.05, 0) is 30.7 Å². The number of pyridine rings is 1. The lowest BCUT2D eigenvalue weighted by molar-refractivity contribution is -0.0498. The second-order valence-corrected chi connectivity index (χ2v) is 6.68. The molecular formula is C19H20ClF2N3O3. The van der Waals surface area contributed by atoms with Crippen molar-refractivity contribution in [3.8, 4) is 5.75 Å². The molecule has 1 aromatic heterocycles. The van der Waals surface area contributed by atoms with E-state index in [9.17, 15) is 13.6 Å². The normalized spacial score (nSPS) is 15.4. The highest BCUT2D eigenvalue weighted by Gasteiger charge is 2.20. The van der Waals surface area contributed by atoms with E-state index in [0.29, 0.717) is 42.7 Å². The van der Waals surface area contributed by atoms with Crippen LogP contribution in [0.5, 0.6) is 5.75 Å². The molecule has 3 rings (SSSR count). The monoisotopic (exact) mass is 411 g/mol. The second-order valence-electron chi connectivity index (χ2n) is 6.27. The van der Waals surface area contributed by atoms with Crippen molar-refractivity contribution >= 4 is 23.3 Å². The van der Waals surface area contributed by atoms with Gasteiger partial charge >= 0.3 is 6.61 Å². The fourth-order valence-corrected chi connectivity index (χ4v) is 3.06. The van der Waals surface area contributed by atoms with E-state index < -0.39 is 6.61 Å². The number of morpholine rings is 1. The number of rotatable bonds is 6. The number of nitrogens with zero attached hydrogens (tertiary/aromatic N) is 2. The average molecular weight is 412 g/mol. The van der Waals surface area contributed by atoms with Crippen LogP contribution in [0.4, 0.5) is 14.6 Å². The van der Waals surface area contributed by atoms with Gasteiger partial charge in [-0.25, -0.2) is 4.98 Å². The van der Waals surface area contributed by atoms with Crippen LogP contribution in [0.3, 0.4) is 0 Å². The van der Waals surface area contributed by atoms with Gasteiger partial charge in [-0.2, -0.15) is 8.78 Å². The van der Waals surface area contributed by atoms with Crippen molar-refractivity contribution in [2.24, 2.45) is 0 Å². The SMILES string of the molecule is CC(Nc1ncc(C(=O)N2CCOCC2)cc1Cl)c1ccc(OC(F)F)cc1. The largest absolute Gasteiger partial charge is 0.435 e. The van der Waals surface area contributed by atoms with Crippen LogP contribution in [0.25, 0.3) is 0 Å². The van der Waals surface area contributed by atoms with Crippen LogP contribution in [0.15, 0.2) is 36.5 Å². The van der Waals surface area contributed by atoms with Crippen LogP contribution in [0.1, 0.15) is 28.9 Å². The molecule has 1 saturated heterocycles. The lowest BCUT2D eigenvalue weighted by Gasteiger charge is -2.27. The van der Waals surface area contributed by atoms with Gasteiger partial charge in [0.05, 0.1) is 23.8 Å². The molecule has 1 aliphatic heterocycles. The van der Waals surface area contributed by atoms with Crippen LogP contribution in [0.2, 0.25) is 5.02 Å². The Morgan fingerprint density at radius 3 is 2.57 bits per heavy atom. The van der Waals surface area contributed by atoms with E-state index in [4.69, 9.17) is 16.3 Å². The molecule has 28 heavy (non-hydrogen) atoms. The molecule has 2 aromatic rings. The quantitative estimate of drug-likeness (QED) is 0.779. The Hall–Kier alpha value is -2.45. The molecule has 2 heterocycles. The Bertz CT molecular complexity index is 815. The number of anilines is 1. The molecule has 1 fully saturated rings. The molecule has 1 N–H and O–H groups in total. The van der Waals surface area contributed by atoms with E-state index in [-0.39, 0.29) is 17.7 Å². The number of aromatic nitrogens is 1. The van der Waals surface area contributed by atoms with Crippen molar-refractivity contribution in [2.75, 3.05) is 31.6 Å². The fraction of sp³-hybridized carbons (Fsp3) is 0.368. The summed E-state index contributed by atoms with van der Waals surface area (Å²) in [5.74, 6) is 0.389. The standard InChI is InChI=1S/C19H20ClF2N3O3/c1-12(13-2-4-15(5-3-13)28-19(21)22)24-17-16(20)10-14(11-23-17)18(26)25-6-8-27-9-7-25/h2-5,10-12,19H,6-9H2,1H3,(H,23,24). The molecule has 6 nitrogen and oxygen atoms in total. The number of hydrogen-bond donors (Lipinski definition) is 1. The number of benzene rings is 1. The van der Waals surface area contributed by atoms with Crippen molar-refractivity contribution in [3.05, 3.63) is 52.7 Å². The van der Waals surface area contributed by atoms with Crippen molar-refractivity contribution < 1.29 is 23.0 Å². The lowest BCUT2D eigenvalue weighted by Crippen LogP contribution is -2.40. The van der Waals surface area contributed by atoms with Crippen LogP contribution in [-0.2, 0) is 4.74 Å². The Kier molecular flexibility index (Phi) is 6.64. The molecule has 9 heteroatoms. The number of carbonyl (C=O) groups excluding carboxylic acids is 1. The number of amides is 1. The zero-order valence-electron chi connectivity index (χ0n) is 15.2. The zero-order chi connectivity index (χ0) is 20.1. The first-order valence-corrected chi connectivity index (χ1v) is 9.15. The lowest BCUT2D eigenvalue weighted by atomic mass is 10.1. The van der Waals surface area contributed by atoms with Gasteiger partial charge in [-0.15, -0.1) is 0 Å². The molecule has 0 radical (unpaired) electrons. The minimum atomic E-state index is -2.86. The van der Waals surface area contributed by atoms with Crippen molar-refractivity contribution in [1.29, 1.82) is 0 Å². The van der Waals surface area contributed by atoms with Gasteiger partial charge < -0.3 is 19.7 Å². The number of ether oxygens (including phenoxy) is 2. The summed E-state index contributed by atoms with van der Waals surface area (Å²) < 4.78 is 34.0. The van der Waals surface area contributed by atoms with Crippen LogP contribution < -0.4 is 10.1 Å². The summed E-state index contributed by atoms with van der Waals surface area (Å²) in [6.07, 6.45) is 1.48. The third-order valence-corrected chi connectivity index (χ3v) is 4.63. The average Bonchev–Trinajstić information content (AvgIpc) is 2.69. The Morgan fingerprint density at radius 1 is 1.29 bits per heavy atom. The van der Waals surface area contributed by atoms with Gasteiger partial charge in [0, 0.05) is 25.3 Å². The topological polar surface area (TPSA) is 63.7 Å². The maximum Gasteiger partial charge on any atom is 0.387 e. The summed E-state index contributed by atoms with van der Waals surface area (Å²) in [5.41, 5.74) is 1.26. The number of hydrogen-bond acceptors (Lipinski definition) is 5. The highest BCUT2D eigenvalue weighted by molar-refractivity contribution is 6.33. The molecule has 1 aliphatic rings. The summed E-state index contributed by atoms with van der Waals surface area (Å²) in [5, 5.41) is 3.48. The van der Waals surface area contributed by atoms with E-state index in [2.05, 4.69) is 15.0 Å². The second kappa shape index (κ2) is 9.16. The van der Waals surface area contributed by atoms with Gasteiger partial charge in [-0.1, -0.05) is 23.7 Å². The van der Waals surface area contributed by atoms with Gasteiger partial charge in [0.1, 0.15) is 11.6 Å². The maximum atomic E-state index is 12.5. The highest BCUT2D eigenvalue weighted by atomic mass is 35.5. The van der Waals surface area contributed by atoms with E-state index >= 15 is 0 Å². The molecule has 1 aromatic carbocycles. The predicted octanol–water partition coefficient (Wildman–Crippen LogP) is 3.98. The number of alkyl halides is 2. The van der Waals surface area contributed by atoms with Gasteiger partial charge in [0.2, 0.25) is 0 Å². The smallest absolute Gasteiger partial charge is 0.387 e. The van der Waals surface area contributed by atoms with Crippen LogP contribution in [-0.4, -0.2) is 48.7 Å². The van der Waals surface area contributed by atoms with Crippen molar-refractivity contribution in [1.82, 2.24) is 9.88 Å². The third kappa shape index (κ3) is 5.08. The molecule has 1 amide bonds. The van der Waals surface area contributed by atoms with E-state index in [1.807, 2.05) is 6.92 Å². The Balaban J connectivity index is 1.66. The summed E-state index contributed by atoms with van der Waals surface area (Å²) >= 11 is 6.30. The minimum Gasteiger partial charge on any atom is -0.435 e. The predicted molar refractivity (Wildman–Crippen MR) is 101 cm³/mol. The van der Waals surface area contributed by atoms with E-state index in [1.54, 1.807) is 23.1 Å². The number of nitrogens with one attached hydrogen (secondary N) is 1. The van der Waals surface area contributed by atoms with Gasteiger partial charge in [-0.3, -0.25) is 4.79 Å². The van der Waals surface area contributed by atoms with Crippen molar-refractivity contribution in [3.63, 3.8) is 0 Å². The molecule has 1 atom stereocenters. The summed E-state index contributed by atoms with van der Waals surface area (Å²) in [4.78, 5) is 18.5. The molecular weight excluding hydrogens is 392 g/mol. The molecule has 0 bridgehead atoms. The van der Waals surface area contributed by atoms with E-state index in [0.717, 1.165) is 5.56 Å². The summed E-state index contributed by atoms with van der Waals surface area (Å²) in [6.45, 7) is 1.14. The molecule has 0 spiro atoms. The summed E-state index contributed by atoms with van der Waals surface area (Å²) in [6, 6.07) is 7.70. The molecule has 1 unspecified atom stereocenters. The Morgan fingerprint density at radius 2 is 1.96 bits per heavy atom. The Labute approximate surface area is 166 Å². The van der Waals surface area contributed by atoms with Crippen LogP contribution in [0, 0.1) is 0 Å². The van der Waals surface area contributed by atoms with Gasteiger partial charge in [0.15, 0.2) is 0 Å². The first-order valence-electron chi connectivity index (χ1n) is 8.78. The fourth-order valence-electron chi connectivity index (χ4n) is 2.84. The third-order valence-electron chi connectivity index (χ3n) is 4.34. The minimum absolute atomic E-state index is 0.0908. The van der Waals surface area contributed by atoms with Crippen LogP contribution >= 0.6 is 11.6 Å². The number of carbonyl (C=O) groups is 1. The molecule has 150 valence electrons. The summed E-state index contributed by atoms with van der Waals surface area (Å²) in [7, 11) is 0. The molecule has 0 saturated carbocycles. The zero-order valence-corrected chi connectivity index (χ0v) is 16.0. The molecule has 0 aliphatic carbocycles. The van der Waals surface area contributed by atoms with E-state index in [1.165, 1.54) is 18.3 Å².